The van der Waals surface area contributed by atoms with Gasteiger partial charge in [-0.2, -0.15) is 0 Å². The van der Waals surface area contributed by atoms with Crippen LogP contribution in [0.3, 0.4) is 0 Å². The Hall–Kier alpha value is -1.53. The van der Waals surface area contributed by atoms with E-state index in [1.165, 1.54) is 18.1 Å². The van der Waals surface area contributed by atoms with E-state index in [-0.39, 0.29) is 29.0 Å². The third-order valence-electron chi connectivity index (χ3n) is 9.25. The van der Waals surface area contributed by atoms with Crippen molar-refractivity contribution in [3.63, 3.8) is 0 Å². The van der Waals surface area contributed by atoms with Crippen molar-refractivity contribution < 1.29 is 29.3 Å². The predicted octanol–water partition coefficient (Wildman–Crippen LogP) is 2.74. The number of hydrogen-bond donors (Lipinski definition) is 2. The first kappa shape index (κ1) is 21.7. The quantitative estimate of drug-likeness (QED) is 0.540. The second kappa shape index (κ2) is 6.99. The zero-order valence-electron chi connectivity index (χ0n) is 18.5. The number of ketones is 2. The summed E-state index contributed by atoms with van der Waals surface area (Å²) in [5.41, 5.74) is -0.111. The Bertz CT molecular complexity index is 830. The van der Waals surface area contributed by atoms with Gasteiger partial charge in [0.2, 0.25) is 5.78 Å². The largest absolute Gasteiger partial charge is 0.458 e. The molecular weight excluding hydrogens is 384 g/mol. The van der Waals surface area contributed by atoms with E-state index in [0.29, 0.717) is 32.1 Å². The average Bonchev–Trinajstić information content (AvgIpc) is 2.93. The lowest BCUT2D eigenvalue weighted by Gasteiger charge is -2.60. The zero-order valence-corrected chi connectivity index (χ0v) is 18.5. The molecule has 0 radical (unpaired) electrons. The molecule has 7 atom stereocenters. The molecular formula is C24H34O6. The predicted molar refractivity (Wildman–Crippen MR) is 109 cm³/mol. The Morgan fingerprint density at radius 3 is 2.60 bits per heavy atom. The van der Waals surface area contributed by atoms with Gasteiger partial charge in [-0.15, -0.1) is 0 Å². The number of Topliss-reactive ketones (excluding diaryl/α,β-unsaturated/α-hetero) is 2. The monoisotopic (exact) mass is 418 g/mol. The molecule has 0 heterocycles. The number of rotatable bonds is 3. The molecule has 0 aromatic carbocycles. The van der Waals surface area contributed by atoms with Gasteiger partial charge in [-0.1, -0.05) is 25.0 Å². The fourth-order valence-electron chi connectivity index (χ4n) is 7.81. The summed E-state index contributed by atoms with van der Waals surface area (Å²) in [6, 6.07) is 0. The lowest BCUT2D eigenvalue weighted by Crippen LogP contribution is -2.62. The summed E-state index contributed by atoms with van der Waals surface area (Å²) < 4.78 is 4.90. The fourth-order valence-corrected chi connectivity index (χ4v) is 7.81. The smallest absolute Gasteiger partial charge is 0.303 e. The number of aliphatic hydroxyl groups is 2. The molecule has 0 aromatic rings. The highest BCUT2D eigenvalue weighted by Crippen LogP contribution is 2.67. The van der Waals surface area contributed by atoms with E-state index in [9.17, 15) is 24.6 Å². The maximum absolute atomic E-state index is 12.9. The van der Waals surface area contributed by atoms with Gasteiger partial charge in [-0.3, -0.25) is 14.4 Å². The van der Waals surface area contributed by atoms with Crippen LogP contribution in [0, 0.1) is 28.6 Å². The van der Waals surface area contributed by atoms with Gasteiger partial charge in [0.15, 0.2) is 6.61 Å². The fraction of sp³-hybridized carbons (Fsp3) is 0.792. The van der Waals surface area contributed by atoms with Crippen LogP contribution in [0.4, 0.5) is 0 Å². The van der Waals surface area contributed by atoms with Crippen molar-refractivity contribution in [1.82, 2.24) is 0 Å². The van der Waals surface area contributed by atoms with Crippen molar-refractivity contribution in [3.05, 3.63) is 11.1 Å². The molecule has 4 aliphatic carbocycles. The van der Waals surface area contributed by atoms with Gasteiger partial charge >= 0.3 is 5.97 Å². The average molecular weight is 419 g/mol. The summed E-state index contributed by atoms with van der Waals surface area (Å²) in [6.07, 6.45) is 3.34. The summed E-state index contributed by atoms with van der Waals surface area (Å²) in [5.74, 6) is -0.434. The minimum Gasteiger partial charge on any atom is -0.458 e. The zero-order chi connectivity index (χ0) is 22.1. The molecule has 4 rings (SSSR count). The molecule has 0 saturated heterocycles. The van der Waals surface area contributed by atoms with E-state index in [4.69, 9.17) is 4.74 Å². The second-order valence-corrected chi connectivity index (χ2v) is 10.7. The van der Waals surface area contributed by atoms with Crippen molar-refractivity contribution in [2.45, 2.75) is 84.3 Å². The minimum absolute atomic E-state index is 0.0355. The molecule has 6 nitrogen and oxygen atoms in total. The van der Waals surface area contributed by atoms with Crippen molar-refractivity contribution in [2.75, 3.05) is 6.61 Å². The first-order chi connectivity index (χ1) is 13.9. The summed E-state index contributed by atoms with van der Waals surface area (Å²) in [6.45, 7) is 7.05. The number of aliphatic hydroxyl groups excluding tert-OH is 1. The number of ether oxygens (including phenoxy) is 1. The highest BCUT2D eigenvalue weighted by Gasteiger charge is 2.68. The number of carbonyl (C=O) groups is 3. The Labute approximate surface area is 178 Å². The highest BCUT2D eigenvalue weighted by atomic mass is 16.5. The van der Waals surface area contributed by atoms with Crippen LogP contribution < -0.4 is 0 Å². The van der Waals surface area contributed by atoms with Crippen LogP contribution in [0.15, 0.2) is 11.1 Å². The summed E-state index contributed by atoms with van der Waals surface area (Å²) in [4.78, 5) is 36.3. The van der Waals surface area contributed by atoms with Crippen LogP contribution >= 0.6 is 0 Å². The maximum atomic E-state index is 12.9. The summed E-state index contributed by atoms with van der Waals surface area (Å²) in [7, 11) is 0. The van der Waals surface area contributed by atoms with E-state index in [1.54, 1.807) is 0 Å². The van der Waals surface area contributed by atoms with E-state index in [1.807, 2.05) is 6.92 Å². The number of hydrogen-bond acceptors (Lipinski definition) is 6. The minimum atomic E-state index is -1.60. The van der Waals surface area contributed by atoms with Crippen LogP contribution in [-0.4, -0.2) is 46.1 Å². The Balaban J connectivity index is 1.70. The highest BCUT2D eigenvalue weighted by molar-refractivity contribution is 5.91. The van der Waals surface area contributed by atoms with Gasteiger partial charge in [0, 0.05) is 25.2 Å². The van der Waals surface area contributed by atoms with Crippen molar-refractivity contribution in [2.24, 2.45) is 28.6 Å². The van der Waals surface area contributed by atoms with Gasteiger partial charge in [0.25, 0.3) is 0 Å². The Morgan fingerprint density at radius 1 is 1.23 bits per heavy atom. The van der Waals surface area contributed by atoms with E-state index < -0.39 is 35.5 Å². The third kappa shape index (κ3) is 2.86. The van der Waals surface area contributed by atoms with Crippen LogP contribution in [0.25, 0.3) is 0 Å². The maximum Gasteiger partial charge on any atom is 0.303 e. The third-order valence-corrected chi connectivity index (χ3v) is 9.25. The molecule has 166 valence electrons. The number of allylic oxidation sites excluding steroid dienone is 2. The topological polar surface area (TPSA) is 101 Å². The summed E-state index contributed by atoms with van der Waals surface area (Å²) in [5, 5.41) is 22.9. The summed E-state index contributed by atoms with van der Waals surface area (Å²) >= 11 is 0. The lowest BCUT2D eigenvalue weighted by molar-refractivity contribution is -0.182. The molecule has 2 N–H and O–H groups in total. The molecule has 30 heavy (non-hydrogen) atoms. The Kier molecular flexibility index (Phi) is 5.06. The number of carbonyl (C=O) groups excluding carboxylic acids is 3. The van der Waals surface area contributed by atoms with Crippen molar-refractivity contribution in [3.8, 4) is 0 Å². The van der Waals surface area contributed by atoms with Gasteiger partial charge in [-0.05, 0) is 62.2 Å². The van der Waals surface area contributed by atoms with E-state index >= 15 is 0 Å². The lowest BCUT2D eigenvalue weighted by atomic mass is 9.45. The molecule has 3 fully saturated rings. The van der Waals surface area contributed by atoms with Crippen LogP contribution in [-0.2, 0) is 19.1 Å². The molecule has 1 unspecified atom stereocenters. The number of fused-ring (bicyclic) bond motifs is 5. The first-order valence-corrected chi connectivity index (χ1v) is 11.2. The van der Waals surface area contributed by atoms with E-state index in [0.717, 1.165) is 12.8 Å². The molecule has 3 saturated carbocycles. The molecule has 0 bridgehead atoms. The Morgan fingerprint density at radius 2 is 1.93 bits per heavy atom. The van der Waals surface area contributed by atoms with Crippen molar-refractivity contribution in [1.29, 1.82) is 0 Å². The van der Waals surface area contributed by atoms with Gasteiger partial charge in [0.05, 0.1) is 6.10 Å². The molecule has 0 amide bonds. The van der Waals surface area contributed by atoms with Crippen LogP contribution in [0.5, 0.6) is 0 Å². The first-order valence-electron chi connectivity index (χ1n) is 11.2. The molecule has 0 spiro atoms. The van der Waals surface area contributed by atoms with Crippen LogP contribution in [0.1, 0.15) is 72.6 Å². The van der Waals surface area contributed by atoms with E-state index in [2.05, 4.69) is 13.8 Å². The molecule has 0 aromatic heterocycles. The standard InChI is InChI=1S/C24H34O6/c1-13-9-16-17-6-8-24(29,20(28)12-30-14(2)25)23(17,4)11-19(27)21(16)22(3)7-5-15(26)10-18(13)22/h16-17,19,21,27,29H,5-12H2,1-4H3/t16-,17-,19-,21?,22-,23-,24-/m0/s1. The molecule has 6 heteroatoms. The molecule has 0 aliphatic heterocycles. The second-order valence-electron chi connectivity index (χ2n) is 10.7. The van der Waals surface area contributed by atoms with Gasteiger partial charge < -0.3 is 14.9 Å². The van der Waals surface area contributed by atoms with Crippen LogP contribution in [0.2, 0.25) is 0 Å². The normalized spacial score (nSPS) is 45.5. The number of esters is 1. The van der Waals surface area contributed by atoms with Crippen molar-refractivity contribution >= 4 is 17.5 Å². The molecule has 4 aliphatic rings. The van der Waals surface area contributed by atoms with Gasteiger partial charge in [0.1, 0.15) is 11.4 Å². The SMILES string of the molecule is CC(=O)OCC(=O)[C@@]1(O)CC[C@H]2[C@@H]3CC(C)=C4CC(=O)CC[C@]4(C)C3[C@@H](O)C[C@@]21C. The van der Waals surface area contributed by atoms with Gasteiger partial charge in [-0.25, -0.2) is 0 Å².